The fraction of sp³-hybridized carbons (Fsp3) is 0.385. The van der Waals surface area contributed by atoms with Crippen molar-refractivity contribution >= 4 is 11.9 Å². The Morgan fingerprint density at radius 3 is 2.00 bits per heavy atom. The number of carboxylic acid groups (broad SMARTS) is 2. The number of aliphatic carboxylic acids is 2. The third kappa shape index (κ3) is 6.72. The monoisotopic (exact) mass is 285 g/mol. The number of nitrogens with one attached hydrogen (secondary N) is 1. The third-order valence-corrected chi connectivity index (χ3v) is 2.29. The SMILES string of the molecule is Cc1cccc(C)c1OCC(C)NO.O=C(O)C(=O)O. The zero-order valence-corrected chi connectivity index (χ0v) is 11.6. The summed E-state index contributed by atoms with van der Waals surface area (Å²) in [6.45, 7) is 6.34. The molecule has 0 aliphatic heterocycles. The summed E-state index contributed by atoms with van der Waals surface area (Å²) in [5.74, 6) is -2.74. The summed E-state index contributed by atoms with van der Waals surface area (Å²) in [6.07, 6.45) is 0. The molecule has 112 valence electrons. The van der Waals surface area contributed by atoms with Gasteiger partial charge in [0, 0.05) is 0 Å². The van der Waals surface area contributed by atoms with E-state index in [-0.39, 0.29) is 6.04 Å². The van der Waals surface area contributed by atoms with Gasteiger partial charge in [-0.25, -0.2) is 9.59 Å². The van der Waals surface area contributed by atoms with Gasteiger partial charge in [-0.15, -0.1) is 0 Å². The van der Waals surface area contributed by atoms with E-state index in [1.165, 1.54) is 0 Å². The lowest BCUT2D eigenvalue weighted by Crippen LogP contribution is -2.28. The van der Waals surface area contributed by atoms with E-state index in [0.717, 1.165) is 16.9 Å². The minimum Gasteiger partial charge on any atom is -0.491 e. The van der Waals surface area contributed by atoms with E-state index in [1.54, 1.807) is 0 Å². The first-order valence-corrected chi connectivity index (χ1v) is 5.84. The van der Waals surface area contributed by atoms with Crippen molar-refractivity contribution in [2.24, 2.45) is 0 Å². The van der Waals surface area contributed by atoms with Crippen LogP contribution in [0.25, 0.3) is 0 Å². The minimum atomic E-state index is -1.82. The summed E-state index contributed by atoms with van der Waals surface area (Å²) in [6, 6.07) is 5.97. The molecule has 7 nitrogen and oxygen atoms in total. The number of aryl methyl sites for hydroxylation is 2. The third-order valence-electron chi connectivity index (χ3n) is 2.29. The Kier molecular flexibility index (Phi) is 7.95. The molecule has 0 aliphatic rings. The van der Waals surface area contributed by atoms with Crippen molar-refractivity contribution in [3.8, 4) is 5.75 Å². The Morgan fingerprint density at radius 1 is 1.20 bits per heavy atom. The molecule has 0 heterocycles. The van der Waals surface area contributed by atoms with Gasteiger partial charge >= 0.3 is 11.9 Å². The minimum absolute atomic E-state index is 0.0611. The fourth-order valence-corrected chi connectivity index (χ4v) is 1.27. The van der Waals surface area contributed by atoms with E-state index in [4.69, 9.17) is 29.7 Å². The molecule has 0 spiro atoms. The molecule has 1 aromatic rings. The predicted molar refractivity (Wildman–Crippen MR) is 71.1 cm³/mol. The molecule has 0 radical (unpaired) electrons. The number of rotatable bonds is 4. The normalized spacial score (nSPS) is 11.0. The Labute approximate surface area is 116 Å². The van der Waals surface area contributed by atoms with Crippen LogP contribution in [0.2, 0.25) is 0 Å². The van der Waals surface area contributed by atoms with Crippen molar-refractivity contribution in [2.75, 3.05) is 6.61 Å². The van der Waals surface area contributed by atoms with Crippen LogP contribution in [0.4, 0.5) is 0 Å². The van der Waals surface area contributed by atoms with Crippen LogP contribution in [0.3, 0.4) is 0 Å². The lowest BCUT2D eigenvalue weighted by atomic mass is 10.1. The van der Waals surface area contributed by atoms with Gasteiger partial charge in [-0.05, 0) is 31.9 Å². The lowest BCUT2D eigenvalue weighted by Gasteiger charge is -2.14. The van der Waals surface area contributed by atoms with Gasteiger partial charge in [0.1, 0.15) is 12.4 Å². The first-order chi connectivity index (χ1) is 9.29. The Bertz CT molecular complexity index is 428. The molecular weight excluding hydrogens is 266 g/mol. The van der Waals surface area contributed by atoms with Crippen LogP contribution in [-0.4, -0.2) is 40.0 Å². The van der Waals surface area contributed by atoms with Crippen LogP contribution in [0.1, 0.15) is 18.1 Å². The summed E-state index contributed by atoms with van der Waals surface area (Å²) in [5.41, 5.74) is 4.39. The highest BCUT2D eigenvalue weighted by atomic mass is 16.5. The summed E-state index contributed by atoms with van der Waals surface area (Å²) in [7, 11) is 0. The van der Waals surface area contributed by atoms with Crippen LogP contribution in [0.15, 0.2) is 18.2 Å². The van der Waals surface area contributed by atoms with Crippen LogP contribution in [0.5, 0.6) is 5.75 Å². The van der Waals surface area contributed by atoms with Gasteiger partial charge in [0.15, 0.2) is 0 Å². The fourth-order valence-electron chi connectivity index (χ4n) is 1.27. The topological polar surface area (TPSA) is 116 Å². The van der Waals surface area contributed by atoms with Crippen LogP contribution < -0.4 is 10.2 Å². The van der Waals surface area contributed by atoms with E-state index in [9.17, 15) is 0 Å². The maximum Gasteiger partial charge on any atom is 0.414 e. The molecule has 7 heteroatoms. The van der Waals surface area contributed by atoms with Gasteiger partial charge in [0.25, 0.3) is 0 Å². The largest absolute Gasteiger partial charge is 0.491 e. The molecule has 1 atom stereocenters. The van der Waals surface area contributed by atoms with Crippen LogP contribution in [-0.2, 0) is 9.59 Å². The van der Waals surface area contributed by atoms with Crippen LogP contribution >= 0.6 is 0 Å². The average molecular weight is 285 g/mol. The molecule has 0 saturated heterocycles. The number of hydrogen-bond donors (Lipinski definition) is 4. The second-order valence-electron chi connectivity index (χ2n) is 4.17. The lowest BCUT2D eigenvalue weighted by molar-refractivity contribution is -0.159. The summed E-state index contributed by atoms with van der Waals surface area (Å²) in [5, 5.41) is 23.4. The second kappa shape index (κ2) is 8.89. The standard InChI is InChI=1S/C11H17NO2.C2H2O4/c1-8-5-4-6-9(2)11(8)14-7-10(3)12-13;3-1(4)2(5)6/h4-6,10,12-13H,7H2,1-3H3;(H,3,4)(H,5,6). The van der Waals surface area contributed by atoms with Gasteiger partial charge in [-0.2, -0.15) is 5.48 Å². The molecule has 1 rings (SSSR count). The Hall–Kier alpha value is -2.12. The molecule has 0 aromatic heterocycles. The number of carboxylic acids is 2. The molecular formula is C13H19NO6. The van der Waals surface area contributed by atoms with Gasteiger partial charge in [0.2, 0.25) is 0 Å². The zero-order chi connectivity index (χ0) is 15.7. The number of hydrogen-bond acceptors (Lipinski definition) is 5. The van der Waals surface area contributed by atoms with E-state index in [1.807, 2.05) is 39.0 Å². The molecule has 1 unspecified atom stereocenters. The summed E-state index contributed by atoms with van der Waals surface area (Å²) in [4.78, 5) is 18.2. The van der Waals surface area contributed by atoms with E-state index < -0.39 is 11.9 Å². The Morgan fingerprint density at radius 2 is 1.65 bits per heavy atom. The highest BCUT2D eigenvalue weighted by molar-refractivity contribution is 6.27. The van der Waals surface area contributed by atoms with E-state index in [0.29, 0.717) is 6.61 Å². The molecule has 0 saturated carbocycles. The Balaban J connectivity index is 0.000000511. The molecule has 0 amide bonds. The highest BCUT2D eigenvalue weighted by Gasteiger charge is 2.05. The van der Waals surface area contributed by atoms with Gasteiger partial charge in [-0.1, -0.05) is 18.2 Å². The number of benzene rings is 1. The van der Waals surface area contributed by atoms with Crippen molar-refractivity contribution in [1.29, 1.82) is 0 Å². The predicted octanol–water partition coefficient (Wildman–Crippen LogP) is 1.21. The van der Waals surface area contributed by atoms with Crippen molar-refractivity contribution in [2.45, 2.75) is 26.8 Å². The number of hydroxylamine groups is 1. The van der Waals surface area contributed by atoms with Crippen molar-refractivity contribution in [3.05, 3.63) is 29.3 Å². The number of ether oxygens (including phenoxy) is 1. The first-order valence-electron chi connectivity index (χ1n) is 5.84. The maximum absolute atomic E-state index is 9.10. The smallest absolute Gasteiger partial charge is 0.414 e. The molecule has 0 fully saturated rings. The maximum atomic E-state index is 9.10. The van der Waals surface area contributed by atoms with Crippen molar-refractivity contribution in [1.82, 2.24) is 5.48 Å². The zero-order valence-electron chi connectivity index (χ0n) is 11.6. The average Bonchev–Trinajstić information content (AvgIpc) is 2.38. The quantitative estimate of drug-likeness (QED) is 0.485. The van der Waals surface area contributed by atoms with Crippen molar-refractivity contribution < 1.29 is 29.7 Å². The highest BCUT2D eigenvalue weighted by Crippen LogP contribution is 2.22. The molecule has 0 aliphatic carbocycles. The van der Waals surface area contributed by atoms with E-state index in [2.05, 4.69) is 5.48 Å². The second-order valence-corrected chi connectivity index (χ2v) is 4.17. The number of para-hydroxylation sites is 1. The van der Waals surface area contributed by atoms with Crippen molar-refractivity contribution in [3.63, 3.8) is 0 Å². The van der Waals surface area contributed by atoms with Gasteiger partial charge in [0.05, 0.1) is 6.04 Å². The van der Waals surface area contributed by atoms with Crippen LogP contribution in [0, 0.1) is 13.8 Å². The summed E-state index contributed by atoms with van der Waals surface area (Å²) >= 11 is 0. The summed E-state index contributed by atoms with van der Waals surface area (Å²) < 4.78 is 5.60. The van der Waals surface area contributed by atoms with Gasteiger partial charge < -0.3 is 20.2 Å². The molecule has 1 aromatic carbocycles. The van der Waals surface area contributed by atoms with Gasteiger partial charge in [-0.3, -0.25) is 0 Å². The molecule has 4 N–H and O–H groups in total. The first kappa shape index (κ1) is 17.9. The number of carbonyl (C=O) groups is 2. The molecule has 20 heavy (non-hydrogen) atoms. The molecule has 0 bridgehead atoms. The van der Waals surface area contributed by atoms with E-state index >= 15 is 0 Å².